The maximum absolute atomic E-state index is 8.55. The van der Waals surface area contributed by atoms with Crippen molar-refractivity contribution < 1.29 is 4.48 Å². The normalized spacial score (nSPS) is 11.6. The minimum atomic E-state index is 0.733. The Morgan fingerprint density at radius 2 is 0.852 bits per heavy atom. The van der Waals surface area contributed by atoms with Gasteiger partial charge in [0, 0.05) is 6.42 Å². The Hall–Kier alpha value is -0.550. The first-order chi connectivity index (χ1) is 13.1. The maximum atomic E-state index is 8.55. The lowest BCUT2D eigenvalue weighted by atomic mass is 10.0. The molecule has 0 unspecified atom stereocenters. The van der Waals surface area contributed by atoms with Crippen LogP contribution in [0.25, 0.3) is 0 Å². The number of hydrogen-bond acceptors (Lipinski definition) is 1. The highest BCUT2D eigenvalue weighted by Crippen LogP contribution is 2.14. The molecule has 0 fully saturated rings. The summed E-state index contributed by atoms with van der Waals surface area (Å²) in [6, 6.07) is 2.24. The van der Waals surface area contributed by atoms with Gasteiger partial charge in [0.05, 0.1) is 33.3 Å². The van der Waals surface area contributed by atoms with Crippen LogP contribution in [0.2, 0.25) is 0 Å². The highest BCUT2D eigenvalue weighted by molar-refractivity contribution is 4.67. The van der Waals surface area contributed by atoms with Crippen LogP contribution < -0.4 is 0 Å². The Kier molecular flexibility index (Phi) is 19.8. The number of hydrogen-bond donors (Lipinski definition) is 0. The fourth-order valence-corrected chi connectivity index (χ4v) is 3.94. The molecule has 0 spiro atoms. The molecule has 0 amide bonds. The number of quaternary nitrogens is 1. The van der Waals surface area contributed by atoms with Gasteiger partial charge in [-0.15, -0.1) is 0 Å². The highest BCUT2D eigenvalue weighted by atomic mass is 15.3. The summed E-state index contributed by atoms with van der Waals surface area (Å²) in [7, 11) is 4.77. The summed E-state index contributed by atoms with van der Waals surface area (Å²) in [5.41, 5.74) is 0. The molecule has 0 aromatic rings. The van der Waals surface area contributed by atoms with E-state index in [1.807, 2.05) is 0 Å². The van der Waals surface area contributed by atoms with Crippen molar-refractivity contribution in [3.05, 3.63) is 0 Å². The molecule has 2 heteroatoms. The molecule has 0 saturated heterocycles. The molecule has 0 aromatic heterocycles. The van der Waals surface area contributed by atoms with E-state index in [9.17, 15) is 0 Å². The van der Waals surface area contributed by atoms with Crippen LogP contribution in [-0.2, 0) is 0 Å². The molecule has 0 saturated carbocycles. The van der Waals surface area contributed by atoms with Crippen LogP contribution >= 0.6 is 0 Å². The van der Waals surface area contributed by atoms with Crippen molar-refractivity contribution in [3.8, 4) is 6.07 Å². The van der Waals surface area contributed by atoms with Gasteiger partial charge in [-0.25, -0.2) is 0 Å². The molecule has 160 valence electrons. The first kappa shape index (κ1) is 26.4. The van der Waals surface area contributed by atoms with Crippen molar-refractivity contribution in [1.82, 2.24) is 0 Å². The standard InChI is InChI=1S/C25H51N2/c1-4-5-6-7-8-9-10-11-12-13-14-15-18-21-24-27(2,3)25-22-19-16-17-20-23-26/h4-22,24-25H2,1-3H3/q+1. The number of unbranched alkanes of at least 4 members (excludes halogenated alkanes) is 17. The Morgan fingerprint density at radius 3 is 1.22 bits per heavy atom. The Bertz CT molecular complexity index is 330. The van der Waals surface area contributed by atoms with E-state index in [1.54, 1.807) is 0 Å². The lowest BCUT2D eigenvalue weighted by Gasteiger charge is -2.30. The second-order valence-corrected chi connectivity index (χ2v) is 9.30. The van der Waals surface area contributed by atoms with Gasteiger partial charge in [-0.3, -0.25) is 0 Å². The molecule has 2 nitrogen and oxygen atoms in total. The third-order valence-electron chi connectivity index (χ3n) is 5.92. The molecular formula is C25H51N2+. The van der Waals surface area contributed by atoms with E-state index in [0.29, 0.717) is 0 Å². The van der Waals surface area contributed by atoms with E-state index in [1.165, 1.54) is 127 Å². The number of rotatable bonds is 21. The third kappa shape index (κ3) is 21.6. The molecule has 0 atom stereocenters. The van der Waals surface area contributed by atoms with Gasteiger partial charge in [0.2, 0.25) is 0 Å². The molecule has 0 N–H and O–H groups in total. The summed E-state index contributed by atoms with van der Waals surface area (Å²) >= 11 is 0. The first-order valence-corrected chi connectivity index (χ1v) is 12.3. The van der Waals surface area contributed by atoms with Crippen LogP contribution in [0.5, 0.6) is 0 Å². The fraction of sp³-hybridized carbons (Fsp3) is 0.960. The topological polar surface area (TPSA) is 23.8 Å². The van der Waals surface area contributed by atoms with Gasteiger partial charge >= 0.3 is 0 Å². The van der Waals surface area contributed by atoms with Crippen molar-refractivity contribution in [2.45, 2.75) is 129 Å². The maximum Gasteiger partial charge on any atom is 0.0782 e. The molecule has 0 aliphatic rings. The number of nitriles is 1. The summed E-state index contributed by atoms with van der Waals surface area (Å²) in [4.78, 5) is 0. The number of nitrogens with zero attached hydrogens (tertiary/aromatic N) is 2. The van der Waals surface area contributed by atoms with Crippen LogP contribution in [0.1, 0.15) is 129 Å². The average molecular weight is 380 g/mol. The molecule has 0 radical (unpaired) electrons. The fourth-order valence-electron chi connectivity index (χ4n) is 3.94. The largest absolute Gasteiger partial charge is 0.328 e. The van der Waals surface area contributed by atoms with Crippen LogP contribution in [0.15, 0.2) is 0 Å². The van der Waals surface area contributed by atoms with Crippen molar-refractivity contribution >= 4 is 0 Å². The summed E-state index contributed by atoms with van der Waals surface area (Å²) in [6.45, 7) is 4.92. The van der Waals surface area contributed by atoms with Crippen molar-refractivity contribution in [2.75, 3.05) is 27.2 Å². The van der Waals surface area contributed by atoms with E-state index < -0.39 is 0 Å². The molecule has 0 aliphatic carbocycles. The van der Waals surface area contributed by atoms with Crippen molar-refractivity contribution in [1.29, 1.82) is 5.26 Å². The summed E-state index contributed by atoms with van der Waals surface area (Å²) in [5.74, 6) is 0. The van der Waals surface area contributed by atoms with E-state index >= 15 is 0 Å². The van der Waals surface area contributed by atoms with E-state index in [-0.39, 0.29) is 0 Å². The van der Waals surface area contributed by atoms with Gasteiger partial charge in [-0.1, -0.05) is 90.4 Å². The van der Waals surface area contributed by atoms with Crippen LogP contribution in [-0.4, -0.2) is 31.7 Å². The van der Waals surface area contributed by atoms with Gasteiger partial charge in [0.25, 0.3) is 0 Å². The third-order valence-corrected chi connectivity index (χ3v) is 5.92. The SMILES string of the molecule is CCCCCCCCCCCCCCCC[N+](C)(C)CCCCCCC#N. The van der Waals surface area contributed by atoms with E-state index in [0.717, 1.165) is 12.8 Å². The van der Waals surface area contributed by atoms with Crippen LogP contribution in [0.4, 0.5) is 0 Å². The minimum absolute atomic E-state index is 0.733. The van der Waals surface area contributed by atoms with Gasteiger partial charge in [0.1, 0.15) is 0 Å². The second-order valence-electron chi connectivity index (χ2n) is 9.30. The minimum Gasteiger partial charge on any atom is -0.328 e. The Labute approximate surface area is 172 Å². The zero-order valence-electron chi connectivity index (χ0n) is 19.2. The van der Waals surface area contributed by atoms with E-state index in [4.69, 9.17) is 5.26 Å². The Balaban J connectivity index is 3.27. The average Bonchev–Trinajstić information content (AvgIpc) is 2.65. The quantitative estimate of drug-likeness (QED) is 0.146. The monoisotopic (exact) mass is 379 g/mol. The van der Waals surface area contributed by atoms with E-state index in [2.05, 4.69) is 27.1 Å². The summed E-state index contributed by atoms with van der Waals surface area (Å²) in [5, 5.41) is 8.55. The van der Waals surface area contributed by atoms with Crippen molar-refractivity contribution in [2.24, 2.45) is 0 Å². The summed E-state index contributed by atoms with van der Waals surface area (Å²) in [6.07, 6.45) is 25.8. The first-order valence-electron chi connectivity index (χ1n) is 12.3. The highest BCUT2D eigenvalue weighted by Gasteiger charge is 2.13. The predicted molar refractivity (Wildman–Crippen MR) is 121 cm³/mol. The van der Waals surface area contributed by atoms with Gasteiger partial charge in [0.15, 0.2) is 0 Å². The molecule has 0 heterocycles. The van der Waals surface area contributed by atoms with Gasteiger partial charge in [-0.05, 0) is 32.1 Å². The lowest BCUT2D eigenvalue weighted by Crippen LogP contribution is -2.41. The molecular weight excluding hydrogens is 328 g/mol. The molecule has 0 aliphatic heterocycles. The predicted octanol–water partition coefficient (Wildman–Crippen LogP) is 8.02. The zero-order chi connectivity index (χ0) is 20.1. The lowest BCUT2D eigenvalue weighted by molar-refractivity contribution is -0.890. The molecule has 0 aromatic carbocycles. The van der Waals surface area contributed by atoms with Gasteiger partial charge in [-0.2, -0.15) is 5.26 Å². The van der Waals surface area contributed by atoms with Crippen LogP contribution in [0, 0.1) is 11.3 Å². The van der Waals surface area contributed by atoms with Crippen molar-refractivity contribution in [3.63, 3.8) is 0 Å². The molecule has 0 rings (SSSR count). The van der Waals surface area contributed by atoms with Crippen LogP contribution in [0.3, 0.4) is 0 Å². The molecule has 0 bridgehead atoms. The summed E-state index contributed by atoms with van der Waals surface area (Å²) < 4.78 is 1.18. The van der Waals surface area contributed by atoms with Gasteiger partial charge < -0.3 is 4.48 Å². The molecule has 27 heavy (non-hydrogen) atoms. The zero-order valence-corrected chi connectivity index (χ0v) is 19.2. The smallest absolute Gasteiger partial charge is 0.0782 e. The Morgan fingerprint density at radius 1 is 0.519 bits per heavy atom. The second kappa shape index (κ2) is 20.2.